The standard InChI is InChI=1S/C51H34N2/c52-33-34-23-27-39(28-24-34)53(38-17-8-3-9-18-38)40-29-25-35(26-30-40)41-31-32-46-49-42(41)21-12-22-45(49)50-47(36-13-4-1-5-14-36)43-19-10-11-20-44(43)48(51(46)50)37-15-6-2-7-16-37/h1-33,52H. The van der Waals surface area contributed by atoms with Gasteiger partial charge in [-0.3, -0.25) is 0 Å². The Kier molecular flexibility index (Phi) is 7.33. The van der Waals surface area contributed by atoms with E-state index in [1.54, 1.807) is 0 Å². The quantitative estimate of drug-likeness (QED) is 0.167. The maximum Gasteiger partial charge on any atom is 0.0462 e. The van der Waals surface area contributed by atoms with Gasteiger partial charge in [-0.05, 0) is 119 Å². The van der Waals surface area contributed by atoms with Crippen molar-refractivity contribution in [2.45, 2.75) is 0 Å². The summed E-state index contributed by atoms with van der Waals surface area (Å²) >= 11 is 0. The molecule has 0 radical (unpaired) electrons. The molecule has 0 fully saturated rings. The van der Waals surface area contributed by atoms with Gasteiger partial charge in [0.05, 0.1) is 0 Å². The van der Waals surface area contributed by atoms with Crippen LogP contribution in [0.1, 0.15) is 5.56 Å². The predicted octanol–water partition coefficient (Wildman–Crippen LogP) is 14.1. The second kappa shape index (κ2) is 12.6. The van der Waals surface area contributed by atoms with Crippen LogP contribution in [0.25, 0.3) is 77.2 Å². The van der Waals surface area contributed by atoms with Crippen LogP contribution in [0.2, 0.25) is 0 Å². The number of hydrogen-bond acceptors (Lipinski definition) is 2. The average Bonchev–Trinajstić information content (AvgIpc) is 3.56. The van der Waals surface area contributed by atoms with Gasteiger partial charge in [0.2, 0.25) is 0 Å². The normalized spacial score (nSPS) is 11.5. The molecule has 9 aromatic rings. The van der Waals surface area contributed by atoms with E-state index >= 15 is 0 Å². The number of benzene rings is 9. The highest BCUT2D eigenvalue weighted by Gasteiger charge is 2.31. The zero-order valence-corrected chi connectivity index (χ0v) is 29.0. The van der Waals surface area contributed by atoms with Crippen molar-refractivity contribution >= 4 is 44.8 Å². The molecule has 10 rings (SSSR count). The predicted molar refractivity (Wildman–Crippen MR) is 225 cm³/mol. The van der Waals surface area contributed by atoms with E-state index in [9.17, 15) is 0 Å². The van der Waals surface area contributed by atoms with Gasteiger partial charge in [0, 0.05) is 23.3 Å². The summed E-state index contributed by atoms with van der Waals surface area (Å²) in [4.78, 5) is 2.27. The molecule has 248 valence electrons. The van der Waals surface area contributed by atoms with Gasteiger partial charge >= 0.3 is 0 Å². The molecule has 0 amide bonds. The molecule has 0 spiro atoms. The summed E-state index contributed by atoms with van der Waals surface area (Å²) in [6.07, 6.45) is 1.38. The van der Waals surface area contributed by atoms with Gasteiger partial charge in [-0.15, -0.1) is 0 Å². The number of nitrogens with one attached hydrogen (secondary N) is 1. The number of para-hydroxylation sites is 1. The van der Waals surface area contributed by atoms with Crippen LogP contribution in [-0.4, -0.2) is 6.21 Å². The summed E-state index contributed by atoms with van der Waals surface area (Å²) in [5.74, 6) is 0. The van der Waals surface area contributed by atoms with E-state index < -0.39 is 0 Å². The van der Waals surface area contributed by atoms with Gasteiger partial charge in [-0.2, -0.15) is 0 Å². The fourth-order valence-corrected chi connectivity index (χ4v) is 8.40. The first-order valence-corrected chi connectivity index (χ1v) is 18.1. The van der Waals surface area contributed by atoms with E-state index in [1.807, 2.05) is 18.2 Å². The smallest absolute Gasteiger partial charge is 0.0462 e. The molecule has 0 aromatic heterocycles. The monoisotopic (exact) mass is 674 g/mol. The van der Waals surface area contributed by atoms with E-state index in [0.717, 1.165) is 22.6 Å². The van der Waals surface area contributed by atoms with Crippen LogP contribution >= 0.6 is 0 Å². The van der Waals surface area contributed by atoms with Gasteiger partial charge in [-0.1, -0.05) is 158 Å². The molecule has 1 N–H and O–H groups in total. The molecule has 0 saturated carbocycles. The SMILES string of the molecule is N=Cc1ccc(N(c2ccccc2)c2ccc(-c3ccc4c5c(cccc35)-c3c-4c(-c4ccccc4)c4ccccc4c3-c3ccccc3)cc2)cc1. The van der Waals surface area contributed by atoms with Gasteiger partial charge in [-0.25, -0.2) is 0 Å². The Morgan fingerprint density at radius 3 is 1.34 bits per heavy atom. The molecule has 9 aromatic carbocycles. The third-order valence-electron chi connectivity index (χ3n) is 10.7. The number of hydrogen-bond donors (Lipinski definition) is 1. The number of nitrogens with zero attached hydrogens (tertiary/aromatic N) is 1. The van der Waals surface area contributed by atoms with Crippen LogP contribution in [-0.2, 0) is 0 Å². The lowest BCUT2D eigenvalue weighted by Crippen LogP contribution is -2.09. The lowest BCUT2D eigenvalue weighted by atomic mass is 9.82. The Balaban J connectivity index is 1.17. The Bertz CT molecular complexity index is 2710. The topological polar surface area (TPSA) is 27.1 Å². The van der Waals surface area contributed by atoms with Crippen LogP contribution in [0.15, 0.2) is 194 Å². The molecule has 0 bridgehead atoms. The van der Waals surface area contributed by atoms with Crippen molar-refractivity contribution in [3.8, 4) is 55.6 Å². The maximum atomic E-state index is 7.68. The summed E-state index contributed by atoms with van der Waals surface area (Å²) < 4.78 is 0. The van der Waals surface area contributed by atoms with Gasteiger partial charge in [0.1, 0.15) is 0 Å². The van der Waals surface area contributed by atoms with Gasteiger partial charge in [0.15, 0.2) is 0 Å². The van der Waals surface area contributed by atoms with Crippen molar-refractivity contribution in [1.29, 1.82) is 5.41 Å². The third-order valence-corrected chi connectivity index (χ3v) is 10.7. The summed E-state index contributed by atoms with van der Waals surface area (Å²) in [5.41, 5.74) is 16.7. The van der Waals surface area contributed by atoms with Crippen molar-refractivity contribution in [1.82, 2.24) is 0 Å². The van der Waals surface area contributed by atoms with Gasteiger partial charge in [0.25, 0.3) is 0 Å². The Morgan fingerprint density at radius 1 is 0.321 bits per heavy atom. The minimum absolute atomic E-state index is 0.881. The Labute approximate surface area is 309 Å². The van der Waals surface area contributed by atoms with E-state index in [-0.39, 0.29) is 0 Å². The fraction of sp³-hybridized carbons (Fsp3) is 0. The zero-order chi connectivity index (χ0) is 35.3. The highest BCUT2D eigenvalue weighted by atomic mass is 15.1. The van der Waals surface area contributed by atoms with E-state index in [0.29, 0.717) is 0 Å². The highest BCUT2D eigenvalue weighted by Crippen LogP contribution is 2.58. The summed E-state index contributed by atoms with van der Waals surface area (Å²) in [7, 11) is 0. The molecule has 2 nitrogen and oxygen atoms in total. The van der Waals surface area contributed by atoms with Gasteiger partial charge < -0.3 is 10.3 Å². The largest absolute Gasteiger partial charge is 0.311 e. The molecule has 1 aliphatic carbocycles. The fourth-order valence-electron chi connectivity index (χ4n) is 8.40. The van der Waals surface area contributed by atoms with Crippen LogP contribution in [0, 0.1) is 5.41 Å². The molecule has 2 heteroatoms. The summed E-state index contributed by atoms with van der Waals surface area (Å²) in [6, 6.07) is 69.8. The van der Waals surface area contributed by atoms with Crippen LogP contribution in [0.5, 0.6) is 0 Å². The second-order valence-electron chi connectivity index (χ2n) is 13.6. The first kappa shape index (κ1) is 30.8. The second-order valence-corrected chi connectivity index (χ2v) is 13.6. The van der Waals surface area contributed by atoms with Crippen molar-refractivity contribution in [2.75, 3.05) is 4.90 Å². The average molecular weight is 675 g/mol. The molecule has 0 saturated heterocycles. The first-order chi connectivity index (χ1) is 26.3. The molecule has 53 heavy (non-hydrogen) atoms. The molecule has 0 aliphatic heterocycles. The van der Waals surface area contributed by atoms with Crippen molar-refractivity contribution in [3.63, 3.8) is 0 Å². The number of anilines is 3. The molecule has 0 atom stereocenters. The van der Waals surface area contributed by atoms with Crippen molar-refractivity contribution < 1.29 is 0 Å². The van der Waals surface area contributed by atoms with E-state index in [4.69, 9.17) is 5.41 Å². The van der Waals surface area contributed by atoms with Crippen molar-refractivity contribution in [3.05, 3.63) is 200 Å². The van der Waals surface area contributed by atoms with E-state index in [1.165, 1.54) is 83.4 Å². The zero-order valence-electron chi connectivity index (χ0n) is 29.0. The van der Waals surface area contributed by atoms with Crippen LogP contribution in [0.4, 0.5) is 17.1 Å². The summed E-state index contributed by atoms with van der Waals surface area (Å²) in [6.45, 7) is 0. The molecular formula is C51H34N2. The molecular weight excluding hydrogens is 641 g/mol. The Morgan fingerprint density at radius 2 is 0.774 bits per heavy atom. The molecule has 1 aliphatic rings. The first-order valence-electron chi connectivity index (χ1n) is 18.1. The lowest BCUT2D eigenvalue weighted by Gasteiger charge is -2.25. The minimum Gasteiger partial charge on any atom is -0.311 e. The third kappa shape index (κ3) is 4.99. The summed E-state index contributed by atoms with van der Waals surface area (Å²) in [5, 5.41) is 12.8. The van der Waals surface area contributed by atoms with Crippen LogP contribution in [0.3, 0.4) is 0 Å². The number of rotatable bonds is 7. The van der Waals surface area contributed by atoms with E-state index in [2.05, 4.69) is 181 Å². The highest BCUT2D eigenvalue weighted by molar-refractivity contribution is 6.28. The maximum absolute atomic E-state index is 7.68. The van der Waals surface area contributed by atoms with Crippen molar-refractivity contribution in [2.24, 2.45) is 0 Å². The Hall–Kier alpha value is -7.03. The van der Waals surface area contributed by atoms with Crippen LogP contribution < -0.4 is 4.90 Å². The number of fused-ring (bicyclic) bond motifs is 4. The molecule has 0 unspecified atom stereocenters. The lowest BCUT2D eigenvalue weighted by molar-refractivity contribution is 1.28. The molecule has 0 heterocycles. The minimum atomic E-state index is 0.881.